The van der Waals surface area contributed by atoms with Crippen LogP contribution in [0.1, 0.15) is 27.6 Å². The van der Waals surface area contributed by atoms with Gasteiger partial charge in [-0.25, -0.2) is 4.79 Å². The van der Waals surface area contributed by atoms with E-state index in [2.05, 4.69) is 0 Å². The van der Waals surface area contributed by atoms with Gasteiger partial charge in [0.25, 0.3) is 0 Å². The number of methoxy groups -OCH3 is 1. The summed E-state index contributed by atoms with van der Waals surface area (Å²) in [5.41, 5.74) is 2.28. The molecule has 19 heavy (non-hydrogen) atoms. The van der Waals surface area contributed by atoms with Crippen molar-refractivity contribution in [3.8, 4) is 5.75 Å². The zero-order chi connectivity index (χ0) is 13.4. The fourth-order valence-corrected chi connectivity index (χ4v) is 2.38. The smallest absolute Gasteiger partial charge is 0.339 e. The van der Waals surface area contributed by atoms with Crippen LogP contribution < -0.4 is 4.74 Å². The minimum absolute atomic E-state index is 0.313. The maximum atomic E-state index is 11.8. The molecule has 0 aromatic heterocycles. The molecule has 0 amide bonds. The van der Waals surface area contributed by atoms with E-state index in [1.165, 1.54) is 0 Å². The maximum absolute atomic E-state index is 11.8. The van der Waals surface area contributed by atoms with E-state index in [1.54, 1.807) is 25.3 Å². The van der Waals surface area contributed by atoms with E-state index >= 15 is 0 Å². The maximum Gasteiger partial charge on any atom is 0.339 e. The number of cyclic esters (lactones) is 1. The Kier molecular flexibility index (Phi) is 2.91. The van der Waals surface area contributed by atoms with Gasteiger partial charge in [-0.2, -0.15) is 0 Å². The molecule has 0 aliphatic carbocycles. The van der Waals surface area contributed by atoms with Crippen molar-refractivity contribution < 1.29 is 14.3 Å². The second-order valence-corrected chi connectivity index (χ2v) is 4.73. The summed E-state index contributed by atoms with van der Waals surface area (Å²) in [6, 6.07) is 12.6. The van der Waals surface area contributed by atoms with Gasteiger partial charge < -0.3 is 9.47 Å². The number of rotatable bonds is 2. The van der Waals surface area contributed by atoms with Crippen LogP contribution in [0.25, 0.3) is 0 Å². The van der Waals surface area contributed by atoms with Gasteiger partial charge in [-0.3, -0.25) is 0 Å². The number of ether oxygens (including phenoxy) is 2. The van der Waals surface area contributed by atoms with E-state index in [9.17, 15) is 4.79 Å². The van der Waals surface area contributed by atoms with Gasteiger partial charge in [0, 0.05) is 10.6 Å². The van der Waals surface area contributed by atoms with Crippen LogP contribution in [-0.2, 0) is 4.74 Å². The second kappa shape index (κ2) is 4.59. The summed E-state index contributed by atoms with van der Waals surface area (Å²) in [7, 11) is 1.61. The van der Waals surface area contributed by atoms with Gasteiger partial charge in [-0.05, 0) is 35.9 Å². The minimum atomic E-state index is -0.396. The molecule has 1 heterocycles. The molecule has 2 aromatic rings. The van der Waals surface area contributed by atoms with E-state index in [1.807, 2.05) is 24.3 Å². The Labute approximate surface area is 115 Å². The van der Waals surface area contributed by atoms with Crippen LogP contribution in [0.5, 0.6) is 5.75 Å². The van der Waals surface area contributed by atoms with Crippen molar-refractivity contribution in [2.45, 2.75) is 6.10 Å². The topological polar surface area (TPSA) is 35.5 Å². The summed E-state index contributed by atoms with van der Waals surface area (Å²) >= 11 is 5.98. The van der Waals surface area contributed by atoms with Crippen LogP contribution in [-0.4, -0.2) is 13.1 Å². The van der Waals surface area contributed by atoms with Crippen LogP contribution in [0.3, 0.4) is 0 Å². The molecule has 0 fully saturated rings. The quantitative estimate of drug-likeness (QED) is 0.785. The molecule has 4 heteroatoms. The molecule has 0 saturated heterocycles. The Bertz CT molecular complexity index is 634. The van der Waals surface area contributed by atoms with Gasteiger partial charge in [-0.15, -0.1) is 0 Å². The molecule has 0 saturated carbocycles. The average molecular weight is 275 g/mol. The number of carbonyl (C=O) groups excluding carboxylic acids is 1. The Balaban J connectivity index is 2.03. The van der Waals surface area contributed by atoms with Gasteiger partial charge in [0.2, 0.25) is 0 Å². The van der Waals surface area contributed by atoms with Gasteiger partial charge >= 0.3 is 5.97 Å². The van der Waals surface area contributed by atoms with Crippen LogP contribution in [0.2, 0.25) is 5.02 Å². The fraction of sp³-hybridized carbons (Fsp3) is 0.133. The zero-order valence-electron chi connectivity index (χ0n) is 10.2. The lowest BCUT2D eigenvalue weighted by atomic mass is 9.99. The number of hydrogen-bond acceptors (Lipinski definition) is 3. The predicted molar refractivity (Wildman–Crippen MR) is 71.7 cm³/mol. The van der Waals surface area contributed by atoms with Crippen molar-refractivity contribution in [2.75, 3.05) is 7.11 Å². The van der Waals surface area contributed by atoms with Crippen molar-refractivity contribution in [2.24, 2.45) is 0 Å². The average Bonchev–Trinajstić information content (AvgIpc) is 2.75. The molecule has 0 N–H and O–H groups in total. The molecule has 1 unspecified atom stereocenters. The largest absolute Gasteiger partial charge is 0.497 e. The standard InChI is InChI=1S/C15H11ClO3/c1-18-11-5-2-9(3-6-11)14-13-8-10(16)4-7-12(13)15(17)19-14/h2-8,14H,1H3. The summed E-state index contributed by atoms with van der Waals surface area (Å²) in [4.78, 5) is 11.8. The predicted octanol–water partition coefficient (Wildman–Crippen LogP) is 3.61. The molecule has 1 aliphatic heterocycles. The molecule has 96 valence electrons. The molecular weight excluding hydrogens is 264 g/mol. The van der Waals surface area contributed by atoms with Crippen LogP contribution in [0, 0.1) is 0 Å². The summed E-state index contributed by atoms with van der Waals surface area (Å²) in [6.07, 6.45) is -0.396. The molecule has 1 atom stereocenters. The Morgan fingerprint density at radius 2 is 1.89 bits per heavy atom. The molecular formula is C15H11ClO3. The third-order valence-corrected chi connectivity index (χ3v) is 3.39. The third-order valence-electron chi connectivity index (χ3n) is 3.16. The van der Waals surface area contributed by atoms with E-state index < -0.39 is 6.10 Å². The fourth-order valence-electron chi connectivity index (χ4n) is 2.20. The van der Waals surface area contributed by atoms with E-state index in [0.717, 1.165) is 16.9 Å². The van der Waals surface area contributed by atoms with Gasteiger partial charge in [-0.1, -0.05) is 23.7 Å². The number of hydrogen-bond donors (Lipinski definition) is 0. The highest BCUT2D eigenvalue weighted by atomic mass is 35.5. The summed E-state index contributed by atoms with van der Waals surface area (Å²) < 4.78 is 10.5. The molecule has 0 spiro atoms. The Morgan fingerprint density at radius 3 is 2.58 bits per heavy atom. The van der Waals surface area contributed by atoms with Gasteiger partial charge in [0.05, 0.1) is 12.7 Å². The van der Waals surface area contributed by atoms with E-state index in [4.69, 9.17) is 21.1 Å². The monoisotopic (exact) mass is 274 g/mol. The molecule has 0 bridgehead atoms. The first-order valence-corrected chi connectivity index (χ1v) is 6.21. The highest BCUT2D eigenvalue weighted by molar-refractivity contribution is 6.30. The van der Waals surface area contributed by atoms with Gasteiger partial charge in [0.15, 0.2) is 6.10 Å². The SMILES string of the molecule is COc1ccc(C2OC(=O)c3ccc(Cl)cc32)cc1. The first-order valence-electron chi connectivity index (χ1n) is 5.83. The minimum Gasteiger partial charge on any atom is -0.497 e. The highest BCUT2D eigenvalue weighted by Gasteiger charge is 2.32. The lowest BCUT2D eigenvalue weighted by molar-refractivity contribution is 0.0456. The van der Waals surface area contributed by atoms with Crippen molar-refractivity contribution in [3.05, 3.63) is 64.2 Å². The normalized spacial score (nSPS) is 16.9. The van der Waals surface area contributed by atoms with Crippen molar-refractivity contribution in [1.82, 2.24) is 0 Å². The molecule has 3 rings (SSSR count). The number of halogens is 1. The lowest BCUT2D eigenvalue weighted by Crippen LogP contribution is -2.00. The van der Waals surface area contributed by atoms with Crippen molar-refractivity contribution >= 4 is 17.6 Å². The zero-order valence-corrected chi connectivity index (χ0v) is 11.0. The summed E-state index contributed by atoms with van der Waals surface area (Å²) in [5, 5.41) is 0.593. The highest BCUT2D eigenvalue weighted by Crippen LogP contribution is 2.37. The third kappa shape index (κ3) is 2.06. The lowest BCUT2D eigenvalue weighted by Gasteiger charge is -2.11. The van der Waals surface area contributed by atoms with Crippen molar-refractivity contribution in [3.63, 3.8) is 0 Å². The van der Waals surface area contributed by atoms with Gasteiger partial charge in [0.1, 0.15) is 5.75 Å². The summed E-state index contributed by atoms with van der Waals surface area (Å²) in [5.74, 6) is 0.451. The number of fused-ring (bicyclic) bond motifs is 1. The number of carbonyl (C=O) groups is 1. The number of esters is 1. The van der Waals surface area contributed by atoms with E-state index in [0.29, 0.717) is 10.6 Å². The van der Waals surface area contributed by atoms with Crippen LogP contribution in [0.15, 0.2) is 42.5 Å². The Morgan fingerprint density at radius 1 is 1.16 bits per heavy atom. The van der Waals surface area contributed by atoms with E-state index in [-0.39, 0.29) is 5.97 Å². The first kappa shape index (κ1) is 12.1. The summed E-state index contributed by atoms with van der Waals surface area (Å²) in [6.45, 7) is 0. The molecule has 0 radical (unpaired) electrons. The van der Waals surface area contributed by atoms with Crippen LogP contribution >= 0.6 is 11.6 Å². The van der Waals surface area contributed by atoms with Crippen LogP contribution in [0.4, 0.5) is 0 Å². The Hall–Kier alpha value is -2.00. The second-order valence-electron chi connectivity index (χ2n) is 4.29. The molecule has 2 aromatic carbocycles. The van der Waals surface area contributed by atoms with Crippen molar-refractivity contribution in [1.29, 1.82) is 0 Å². The molecule has 3 nitrogen and oxygen atoms in total. The first-order chi connectivity index (χ1) is 9.19. The number of benzene rings is 2. The molecule has 1 aliphatic rings.